The minimum absolute atomic E-state index is 0.222. The molecule has 0 aliphatic carbocycles. The highest BCUT2D eigenvalue weighted by Gasteiger charge is 2.12. The van der Waals surface area contributed by atoms with Crippen LogP contribution >= 0.6 is 0 Å². The molecule has 15 heavy (non-hydrogen) atoms. The van der Waals surface area contributed by atoms with Gasteiger partial charge in [0.25, 0.3) is 0 Å². The summed E-state index contributed by atoms with van der Waals surface area (Å²) in [4.78, 5) is 0. The van der Waals surface area contributed by atoms with Crippen molar-refractivity contribution in [2.75, 3.05) is 0 Å². The van der Waals surface area contributed by atoms with Crippen LogP contribution in [0.4, 0.5) is 0 Å². The van der Waals surface area contributed by atoms with E-state index >= 15 is 0 Å². The molecule has 0 bridgehead atoms. The lowest BCUT2D eigenvalue weighted by molar-refractivity contribution is 0.516. The third-order valence-corrected chi connectivity index (χ3v) is 2.22. The van der Waals surface area contributed by atoms with Crippen molar-refractivity contribution in [2.45, 2.75) is 48.0 Å². The van der Waals surface area contributed by atoms with Crippen LogP contribution in [0, 0.1) is 5.41 Å². The van der Waals surface area contributed by atoms with Gasteiger partial charge in [0.15, 0.2) is 0 Å². The standard InChI is InChI=1S/C15H24/c1-7-9-10-13(3)11-12-14(8-2)15(4,5)6/h8-9,11-12H,7H2,1-6H3. The van der Waals surface area contributed by atoms with Gasteiger partial charge in [-0.25, -0.2) is 0 Å². The smallest absolute Gasteiger partial charge is 0.00947 e. The fraction of sp³-hybridized carbons (Fsp3) is 0.533. The molecule has 0 aliphatic rings. The summed E-state index contributed by atoms with van der Waals surface area (Å²) in [6.45, 7) is 13.0. The second-order valence-electron chi connectivity index (χ2n) is 4.77. The molecule has 0 N–H and O–H groups in total. The van der Waals surface area contributed by atoms with Crippen molar-refractivity contribution in [1.82, 2.24) is 0 Å². The summed E-state index contributed by atoms with van der Waals surface area (Å²) in [5, 5.41) is 0. The Kier molecular flexibility index (Phi) is 6.05. The highest BCUT2D eigenvalue weighted by molar-refractivity contribution is 5.29. The summed E-state index contributed by atoms with van der Waals surface area (Å²) < 4.78 is 0. The molecule has 0 heteroatoms. The van der Waals surface area contributed by atoms with Crippen LogP contribution in [-0.4, -0.2) is 0 Å². The average Bonchev–Trinajstić information content (AvgIpc) is 2.13. The topological polar surface area (TPSA) is 0 Å². The zero-order valence-corrected chi connectivity index (χ0v) is 11.0. The second-order valence-corrected chi connectivity index (χ2v) is 4.77. The predicted octanol–water partition coefficient (Wildman–Crippen LogP) is 5.05. The van der Waals surface area contributed by atoms with E-state index in [1.807, 2.05) is 0 Å². The molecule has 0 atom stereocenters. The van der Waals surface area contributed by atoms with Crippen LogP contribution in [0.2, 0.25) is 0 Å². The molecule has 0 aromatic heterocycles. The Balaban J connectivity index is 4.73. The maximum absolute atomic E-state index is 3.24. The maximum Gasteiger partial charge on any atom is -0.00947 e. The van der Waals surface area contributed by atoms with E-state index in [0.29, 0.717) is 0 Å². The first kappa shape index (κ1) is 14.0. The van der Waals surface area contributed by atoms with Crippen molar-refractivity contribution in [3.8, 4) is 0 Å². The van der Waals surface area contributed by atoms with Crippen LogP contribution in [0.3, 0.4) is 0 Å². The lowest BCUT2D eigenvalue weighted by Gasteiger charge is -2.19. The van der Waals surface area contributed by atoms with Crippen molar-refractivity contribution in [3.63, 3.8) is 0 Å². The molecular weight excluding hydrogens is 180 g/mol. The second kappa shape index (κ2) is 6.48. The van der Waals surface area contributed by atoms with Gasteiger partial charge in [0, 0.05) is 0 Å². The first-order valence-electron chi connectivity index (χ1n) is 5.68. The molecular formula is C15H24. The largest absolute Gasteiger partial charge is 0.122 e. The summed E-state index contributed by atoms with van der Waals surface area (Å²) in [6, 6.07) is 0. The molecule has 0 unspecified atom stereocenters. The number of rotatable bonds is 3. The molecule has 84 valence electrons. The zero-order valence-electron chi connectivity index (χ0n) is 11.0. The lowest BCUT2D eigenvalue weighted by atomic mass is 9.86. The van der Waals surface area contributed by atoms with Gasteiger partial charge in [0.1, 0.15) is 0 Å². The normalized spacial score (nSPS) is 12.8. The molecule has 0 aromatic rings. The van der Waals surface area contributed by atoms with Crippen LogP contribution in [-0.2, 0) is 0 Å². The van der Waals surface area contributed by atoms with Crippen LogP contribution in [0.1, 0.15) is 48.0 Å². The molecule has 0 spiro atoms. The van der Waals surface area contributed by atoms with Crippen molar-refractivity contribution >= 4 is 0 Å². The third kappa shape index (κ3) is 6.14. The van der Waals surface area contributed by atoms with E-state index in [1.165, 1.54) is 11.1 Å². The van der Waals surface area contributed by atoms with Crippen molar-refractivity contribution in [1.29, 1.82) is 0 Å². The minimum atomic E-state index is 0.222. The molecule has 0 fully saturated rings. The van der Waals surface area contributed by atoms with E-state index in [4.69, 9.17) is 0 Å². The van der Waals surface area contributed by atoms with E-state index in [0.717, 1.165) is 6.42 Å². The summed E-state index contributed by atoms with van der Waals surface area (Å²) in [6.07, 6.45) is 9.60. The Morgan fingerprint density at radius 1 is 1.20 bits per heavy atom. The van der Waals surface area contributed by atoms with E-state index in [-0.39, 0.29) is 5.41 Å². The number of hydrogen-bond acceptors (Lipinski definition) is 0. The first-order chi connectivity index (χ1) is 6.91. The molecule has 0 heterocycles. The van der Waals surface area contributed by atoms with E-state index < -0.39 is 0 Å². The molecule has 0 aliphatic heterocycles. The highest BCUT2D eigenvalue weighted by Crippen LogP contribution is 2.26. The Labute approximate surface area is 95.1 Å². The van der Waals surface area contributed by atoms with Gasteiger partial charge in [-0.3, -0.25) is 0 Å². The summed E-state index contributed by atoms with van der Waals surface area (Å²) in [5.41, 5.74) is 6.01. The Morgan fingerprint density at radius 2 is 1.80 bits per heavy atom. The average molecular weight is 204 g/mol. The van der Waals surface area contributed by atoms with Gasteiger partial charge < -0.3 is 0 Å². The van der Waals surface area contributed by atoms with Gasteiger partial charge in [-0.15, -0.1) is 5.73 Å². The molecule has 0 aromatic carbocycles. The maximum atomic E-state index is 3.24. The van der Waals surface area contributed by atoms with Gasteiger partial charge in [-0.1, -0.05) is 45.9 Å². The molecule has 0 radical (unpaired) electrons. The quantitative estimate of drug-likeness (QED) is 0.446. The van der Waals surface area contributed by atoms with Crippen LogP contribution in [0.25, 0.3) is 0 Å². The number of allylic oxidation sites excluding steroid dienone is 5. The van der Waals surface area contributed by atoms with Crippen molar-refractivity contribution in [3.05, 3.63) is 41.2 Å². The van der Waals surface area contributed by atoms with Crippen LogP contribution in [0.15, 0.2) is 41.2 Å². The van der Waals surface area contributed by atoms with Gasteiger partial charge in [-0.05, 0) is 42.9 Å². The Morgan fingerprint density at radius 3 is 2.20 bits per heavy atom. The van der Waals surface area contributed by atoms with Gasteiger partial charge in [0.05, 0.1) is 0 Å². The van der Waals surface area contributed by atoms with E-state index in [2.05, 4.69) is 71.6 Å². The molecule has 0 nitrogen and oxygen atoms in total. The molecule has 0 amide bonds. The predicted molar refractivity (Wildman–Crippen MR) is 69.9 cm³/mol. The fourth-order valence-corrected chi connectivity index (χ4v) is 1.31. The van der Waals surface area contributed by atoms with Crippen LogP contribution < -0.4 is 0 Å². The summed E-state index contributed by atoms with van der Waals surface area (Å²) in [5.74, 6) is 0. The van der Waals surface area contributed by atoms with Gasteiger partial charge in [0.2, 0.25) is 0 Å². The fourth-order valence-electron chi connectivity index (χ4n) is 1.31. The SMILES string of the molecule is CC=C(C=CC(C)=C=CCC)C(C)(C)C. The van der Waals surface area contributed by atoms with Gasteiger partial charge in [-0.2, -0.15) is 0 Å². The first-order valence-corrected chi connectivity index (χ1v) is 5.68. The van der Waals surface area contributed by atoms with Gasteiger partial charge >= 0.3 is 0 Å². The highest BCUT2D eigenvalue weighted by atomic mass is 14.2. The summed E-state index contributed by atoms with van der Waals surface area (Å²) in [7, 11) is 0. The third-order valence-electron chi connectivity index (χ3n) is 2.22. The molecule has 0 saturated heterocycles. The Hall–Kier alpha value is -1.00. The number of hydrogen-bond donors (Lipinski definition) is 0. The molecule has 0 rings (SSSR count). The van der Waals surface area contributed by atoms with Crippen molar-refractivity contribution < 1.29 is 0 Å². The minimum Gasteiger partial charge on any atom is -0.122 e. The van der Waals surface area contributed by atoms with E-state index in [1.54, 1.807) is 0 Å². The Bertz CT molecular complexity index is 299. The van der Waals surface area contributed by atoms with Crippen LogP contribution in [0.5, 0.6) is 0 Å². The lowest BCUT2D eigenvalue weighted by Crippen LogP contribution is -2.06. The van der Waals surface area contributed by atoms with Crippen molar-refractivity contribution in [2.24, 2.45) is 5.41 Å². The summed E-state index contributed by atoms with van der Waals surface area (Å²) >= 11 is 0. The monoisotopic (exact) mass is 204 g/mol. The molecule has 0 saturated carbocycles. The zero-order chi connectivity index (χ0) is 11.9. The van der Waals surface area contributed by atoms with E-state index in [9.17, 15) is 0 Å².